The number of aliphatic hydroxyl groups excluding tert-OH is 1. The standard InChI is InChI=1S/C40H53N3O4/c1-6-7-8-9-10-11-12-13-14-15-23-46-26-32(44)27-47-36-18-16-17-35(45)37(36)40-42-38(33-21-19-28(2)24-30(33)4)41-39(43-40)34-22-20-29(3)25-31(34)5/h16-22,24-25,32,44-45H,6-15,23,26-27H2,1-5H3. The number of phenolic OH excluding ortho intramolecular Hbond substituents is 1. The molecule has 0 spiro atoms. The zero-order valence-electron chi connectivity index (χ0n) is 29.0. The van der Waals surface area contributed by atoms with Crippen molar-refractivity contribution < 1.29 is 19.7 Å². The van der Waals surface area contributed by atoms with E-state index >= 15 is 0 Å². The van der Waals surface area contributed by atoms with Crippen LogP contribution in [-0.2, 0) is 4.74 Å². The molecular weight excluding hydrogens is 586 g/mol. The summed E-state index contributed by atoms with van der Waals surface area (Å²) in [7, 11) is 0. The molecule has 47 heavy (non-hydrogen) atoms. The molecule has 0 aliphatic heterocycles. The first-order valence-electron chi connectivity index (χ1n) is 17.4. The van der Waals surface area contributed by atoms with Crippen molar-refractivity contribution in [2.24, 2.45) is 0 Å². The quantitative estimate of drug-likeness (QED) is 0.0986. The van der Waals surface area contributed by atoms with E-state index in [0.29, 0.717) is 35.4 Å². The van der Waals surface area contributed by atoms with Gasteiger partial charge in [-0.05, 0) is 57.4 Å². The number of nitrogens with zero attached hydrogens (tertiary/aromatic N) is 3. The largest absolute Gasteiger partial charge is 0.507 e. The molecule has 4 rings (SSSR count). The summed E-state index contributed by atoms with van der Waals surface area (Å²) in [5.74, 6) is 1.68. The minimum Gasteiger partial charge on any atom is -0.507 e. The lowest BCUT2D eigenvalue weighted by Gasteiger charge is -2.17. The summed E-state index contributed by atoms with van der Waals surface area (Å²) in [6.45, 7) is 11.3. The molecule has 0 aliphatic rings. The van der Waals surface area contributed by atoms with Gasteiger partial charge in [0.15, 0.2) is 17.5 Å². The fraction of sp³-hybridized carbons (Fsp3) is 0.475. The molecule has 0 bridgehead atoms. The molecule has 7 heteroatoms. The Balaban J connectivity index is 1.43. The third kappa shape index (κ3) is 10.9. The van der Waals surface area contributed by atoms with E-state index in [1.54, 1.807) is 18.2 Å². The van der Waals surface area contributed by atoms with E-state index in [1.807, 2.05) is 38.1 Å². The van der Waals surface area contributed by atoms with Crippen LogP contribution in [0.5, 0.6) is 11.5 Å². The minimum absolute atomic E-state index is 0.00736. The van der Waals surface area contributed by atoms with Crippen LogP contribution in [0.1, 0.15) is 93.4 Å². The zero-order valence-corrected chi connectivity index (χ0v) is 29.0. The Morgan fingerprint density at radius 3 is 1.72 bits per heavy atom. The molecular formula is C40H53N3O4. The third-order valence-corrected chi connectivity index (χ3v) is 8.49. The van der Waals surface area contributed by atoms with E-state index in [1.165, 1.54) is 51.4 Å². The Morgan fingerprint density at radius 1 is 0.638 bits per heavy atom. The molecule has 7 nitrogen and oxygen atoms in total. The van der Waals surface area contributed by atoms with Gasteiger partial charge in [-0.1, -0.05) is 118 Å². The molecule has 1 aromatic heterocycles. The maximum absolute atomic E-state index is 11.1. The van der Waals surface area contributed by atoms with Crippen LogP contribution in [0.4, 0.5) is 0 Å². The first-order chi connectivity index (χ1) is 22.8. The highest BCUT2D eigenvalue weighted by molar-refractivity contribution is 5.75. The monoisotopic (exact) mass is 639 g/mol. The van der Waals surface area contributed by atoms with Gasteiger partial charge in [0.2, 0.25) is 0 Å². The molecule has 0 radical (unpaired) electrons. The van der Waals surface area contributed by atoms with Crippen LogP contribution in [0.15, 0.2) is 54.6 Å². The van der Waals surface area contributed by atoms with Crippen molar-refractivity contribution in [1.82, 2.24) is 15.0 Å². The number of hydrogen-bond donors (Lipinski definition) is 2. The number of aromatic nitrogens is 3. The topological polar surface area (TPSA) is 97.6 Å². The summed E-state index contributed by atoms with van der Waals surface area (Å²) < 4.78 is 11.8. The number of phenols is 1. The fourth-order valence-corrected chi connectivity index (χ4v) is 5.87. The first-order valence-corrected chi connectivity index (χ1v) is 17.4. The van der Waals surface area contributed by atoms with Crippen molar-refractivity contribution >= 4 is 0 Å². The summed E-state index contributed by atoms with van der Waals surface area (Å²) in [5.41, 5.74) is 6.52. The lowest BCUT2D eigenvalue weighted by molar-refractivity contribution is 0.0110. The molecule has 1 heterocycles. The van der Waals surface area contributed by atoms with E-state index in [2.05, 4.69) is 32.9 Å². The Morgan fingerprint density at radius 2 is 1.17 bits per heavy atom. The van der Waals surface area contributed by atoms with E-state index in [9.17, 15) is 10.2 Å². The lowest BCUT2D eigenvalue weighted by Crippen LogP contribution is -2.24. The Hall–Kier alpha value is -3.81. The SMILES string of the molecule is CCCCCCCCCCCCOCC(O)COc1cccc(O)c1-c1nc(-c2ccc(C)cc2C)nc(-c2ccc(C)cc2C)n1. The minimum atomic E-state index is -0.816. The molecule has 1 atom stereocenters. The third-order valence-electron chi connectivity index (χ3n) is 8.49. The van der Waals surface area contributed by atoms with Crippen molar-refractivity contribution in [2.75, 3.05) is 19.8 Å². The molecule has 1 unspecified atom stereocenters. The number of aromatic hydroxyl groups is 1. The van der Waals surface area contributed by atoms with Gasteiger partial charge in [-0.25, -0.2) is 15.0 Å². The predicted molar refractivity (Wildman–Crippen MR) is 191 cm³/mol. The summed E-state index contributed by atoms with van der Waals surface area (Å²) in [4.78, 5) is 14.6. The Kier molecular flexibility index (Phi) is 14.2. The van der Waals surface area contributed by atoms with Crippen LogP contribution in [0.3, 0.4) is 0 Å². The average Bonchev–Trinajstić information content (AvgIpc) is 3.04. The highest BCUT2D eigenvalue weighted by Gasteiger charge is 2.21. The predicted octanol–water partition coefficient (Wildman–Crippen LogP) is 9.49. The second-order valence-corrected chi connectivity index (χ2v) is 12.8. The molecule has 3 aromatic carbocycles. The molecule has 0 saturated heterocycles. The maximum atomic E-state index is 11.1. The van der Waals surface area contributed by atoms with Crippen molar-refractivity contribution in [2.45, 2.75) is 105 Å². The van der Waals surface area contributed by atoms with Crippen molar-refractivity contribution in [3.8, 4) is 45.7 Å². The van der Waals surface area contributed by atoms with Gasteiger partial charge in [-0.2, -0.15) is 0 Å². The van der Waals surface area contributed by atoms with E-state index in [0.717, 1.165) is 46.2 Å². The molecule has 0 amide bonds. The van der Waals surface area contributed by atoms with Crippen LogP contribution in [0.25, 0.3) is 34.2 Å². The van der Waals surface area contributed by atoms with Gasteiger partial charge in [-0.15, -0.1) is 0 Å². The van der Waals surface area contributed by atoms with E-state index in [4.69, 9.17) is 24.4 Å². The number of rotatable bonds is 19. The Labute approximate surface area is 281 Å². The fourth-order valence-electron chi connectivity index (χ4n) is 5.87. The lowest BCUT2D eigenvalue weighted by atomic mass is 10.0. The van der Waals surface area contributed by atoms with Crippen LogP contribution in [-0.4, -0.2) is 51.1 Å². The zero-order chi connectivity index (χ0) is 33.6. The summed E-state index contributed by atoms with van der Waals surface area (Å²) in [5, 5.41) is 21.7. The second-order valence-electron chi connectivity index (χ2n) is 12.8. The van der Waals surface area contributed by atoms with E-state index in [-0.39, 0.29) is 19.0 Å². The number of hydrogen-bond acceptors (Lipinski definition) is 7. The molecule has 4 aromatic rings. The van der Waals surface area contributed by atoms with Crippen LogP contribution in [0.2, 0.25) is 0 Å². The van der Waals surface area contributed by atoms with Gasteiger partial charge in [0.05, 0.1) is 6.61 Å². The van der Waals surface area contributed by atoms with E-state index < -0.39 is 6.10 Å². The van der Waals surface area contributed by atoms with Gasteiger partial charge in [0.25, 0.3) is 0 Å². The highest BCUT2D eigenvalue weighted by atomic mass is 16.5. The van der Waals surface area contributed by atoms with Gasteiger partial charge < -0.3 is 19.7 Å². The van der Waals surface area contributed by atoms with Crippen LogP contribution < -0.4 is 4.74 Å². The number of aliphatic hydroxyl groups is 1. The summed E-state index contributed by atoms with van der Waals surface area (Å²) >= 11 is 0. The molecule has 0 fully saturated rings. The second kappa shape index (κ2) is 18.5. The summed E-state index contributed by atoms with van der Waals surface area (Å²) in [6, 6.07) is 17.4. The van der Waals surface area contributed by atoms with Gasteiger partial charge in [0.1, 0.15) is 29.8 Å². The normalized spacial score (nSPS) is 12.0. The molecule has 252 valence electrons. The maximum Gasteiger partial charge on any atom is 0.171 e. The highest BCUT2D eigenvalue weighted by Crippen LogP contribution is 2.38. The average molecular weight is 640 g/mol. The van der Waals surface area contributed by atoms with Crippen LogP contribution in [0, 0.1) is 27.7 Å². The van der Waals surface area contributed by atoms with Crippen molar-refractivity contribution in [1.29, 1.82) is 0 Å². The van der Waals surface area contributed by atoms with Gasteiger partial charge in [-0.3, -0.25) is 0 Å². The number of benzene rings is 3. The molecule has 0 saturated carbocycles. The van der Waals surface area contributed by atoms with Crippen molar-refractivity contribution in [3.63, 3.8) is 0 Å². The molecule has 0 aliphatic carbocycles. The van der Waals surface area contributed by atoms with Gasteiger partial charge >= 0.3 is 0 Å². The number of unbranched alkanes of at least 4 members (excludes halogenated alkanes) is 9. The number of aryl methyl sites for hydroxylation is 4. The van der Waals surface area contributed by atoms with Crippen molar-refractivity contribution in [3.05, 3.63) is 76.9 Å². The first kappa shape index (κ1) is 36.0. The number of ether oxygens (including phenoxy) is 2. The van der Waals surface area contributed by atoms with Crippen LogP contribution >= 0.6 is 0 Å². The van der Waals surface area contributed by atoms with Gasteiger partial charge in [0, 0.05) is 17.7 Å². The molecule has 2 N–H and O–H groups in total. The Bertz CT molecular complexity index is 1500. The smallest absolute Gasteiger partial charge is 0.171 e. The summed E-state index contributed by atoms with van der Waals surface area (Å²) in [6.07, 6.45) is 11.9.